The number of piperazine rings is 1. The topological polar surface area (TPSA) is 64.1 Å². The van der Waals surface area contributed by atoms with E-state index in [0.717, 1.165) is 15.8 Å². The molecule has 2 amide bonds. The number of carbonyl (C=O) groups excluding carboxylic acids is 2. The summed E-state index contributed by atoms with van der Waals surface area (Å²) in [4.78, 5) is 31.1. The van der Waals surface area contributed by atoms with Gasteiger partial charge in [-0.05, 0) is 40.2 Å². The molecule has 2 heterocycles. The first-order chi connectivity index (χ1) is 13.5. The van der Waals surface area contributed by atoms with Crippen molar-refractivity contribution in [3.8, 4) is 5.75 Å². The van der Waals surface area contributed by atoms with Crippen LogP contribution in [-0.4, -0.2) is 54.5 Å². The average molecular weight is 444 g/mol. The van der Waals surface area contributed by atoms with Gasteiger partial charge in [-0.1, -0.05) is 24.3 Å². The van der Waals surface area contributed by atoms with Crippen LogP contribution in [0.25, 0.3) is 0 Å². The molecule has 0 radical (unpaired) electrons. The largest absolute Gasteiger partial charge is 0.506 e. The normalized spacial score (nSPS) is 20.0. The molecule has 28 heavy (non-hydrogen) atoms. The van der Waals surface area contributed by atoms with Crippen molar-refractivity contribution in [3.63, 3.8) is 0 Å². The lowest BCUT2D eigenvalue weighted by Crippen LogP contribution is -2.50. The summed E-state index contributed by atoms with van der Waals surface area (Å²) in [6.07, 6.45) is 0.250. The van der Waals surface area contributed by atoms with Gasteiger partial charge in [-0.25, -0.2) is 0 Å². The highest BCUT2D eigenvalue weighted by atomic mass is 79.9. The van der Waals surface area contributed by atoms with Gasteiger partial charge in [0.2, 0.25) is 11.8 Å². The zero-order chi connectivity index (χ0) is 19.7. The highest BCUT2D eigenvalue weighted by Gasteiger charge is 2.38. The van der Waals surface area contributed by atoms with Gasteiger partial charge >= 0.3 is 0 Å². The Labute approximate surface area is 172 Å². The van der Waals surface area contributed by atoms with E-state index in [1.807, 2.05) is 41.3 Å². The quantitative estimate of drug-likeness (QED) is 0.791. The molecule has 2 aliphatic heterocycles. The number of para-hydroxylation sites is 3. The van der Waals surface area contributed by atoms with E-state index in [-0.39, 0.29) is 29.9 Å². The molecule has 2 aromatic rings. The Bertz CT molecular complexity index is 896. The van der Waals surface area contributed by atoms with Crippen LogP contribution in [0.15, 0.2) is 53.0 Å². The predicted octanol–water partition coefficient (Wildman–Crippen LogP) is 2.86. The Balaban J connectivity index is 1.39. The fourth-order valence-corrected chi connectivity index (χ4v) is 4.43. The summed E-state index contributed by atoms with van der Waals surface area (Å²) in [6.45, 7) is 2.93. The molecule has 0 aliphatic carbocycles. The summed E-state index contributed by atoms with van der Waals surface area (Å²) in [6, 6.07) is 14.8. The third-order valence-electron chi connectivity index (χ3n) is 5.43. The number of nitrogens with zero attached hydrogens (tertiary/aromatic N) is 3. The van der Waals surface area contributed by atoms with Crippen molar-refractivity contribution in [3.05, 3.63) is 53.0 Å². The van der Waals surface area contributed by atoms with Crippen molar-refractivity contribution in [2.24, 2.45) is 5.92 Å². The second-order valence-corrected chi connectivity index (χ2v) is 8.01. The smallest absolute Gasteiger partial charge is 0.228 e. The summed E-state index contributed by atoms with van der Waals surface area (Å²) in [5.41, 5.74) is 1.61. The predicted molar refractivity (Wildman–Crippen MR) is 112 cm³/mol. The molecule has 0 unspecified atom stereocenters. The minimum Gasteiger partial charge on any atom is -0.506 e. The fourth-order valence-electron chi connectivity index (χ4n) is 3.93. The Morgan fingerprint density at radius 3 is 2.29 bits per heavy atom. The molecule has 146 valence electrons. The second kappa shape index (κ2) is 7.83. The van der Waals surface area contributed by atoms with Gasteiger partial charge in [0.05, 0.1) is 17.3 Å². The molecule has 2 aliphatic rings. The van der Waals surface area contributed by atoms with Crippen molar-refractivity contribution in [2.45, 2.75) is 6.42 Å². The number of halogens is 1. The monoisotopic (exact) mass is 443 g/mol. The number of phenols is 1. The third-order valence-corrected chi connectivity index (χ3v) is 6.10. The summed E-state index contributed by atoms with van der Waals surface area (Å²) < 4.78 is 0.854. The van der Waals surface area contributed by atoms with Crippen LogP contribution in [0.2, 0.25) is 0 Å². The minimum absolute atomic E-state index is 0.0157. The lowest BCUT2D eigenvalue weighted by molar-refractivity contribution is -0.136. The van der Waals surface area contributed by atoms with Gasteiger partial charge in [0.15, 0.2) is 0 Å². The van der Waals surface area contributed by atoms with Gasteiger partial charge in [-0.3, -0.25) is 9.59 Å². The zero-order valence-electron chi connectivity index (χ0n) is 15.4. The number of hydrogen-bond acceptors (Lipinski definition) is 4. The van der Waals surface area contributed by atoms with E-state index in [2.05, 4.69) is 20.8 Å². The van der Waals surface area contributed by atoms with E-state index >= 15 is 0 Å². The van der Waals surface area contributed by atoms with E-state index in [9.17, 15) is 14.7 Å². The van der Waals surface area contributed by atoms with Gasteiger partial charge < -0.3 is 19.8 Å². The van der Waals surface area contributed by atoms with Crippen molar-refractivity contribution in [1.29, 1.82) is 0 Å². The zero-order valence-corrected chi connectivity index (χ0v) is 17.0. The van der Waals surface area contributed by atoms with Crippen LogP contribution in [0.1, 0.15) is 6.42 Å². The maximum Gasteiger partial charge on any atom is 0.228 e. The van der Waals surface area contributed by atoms with E-state index in [0.29, 0.717) is 32.7 Å². The lowest BCUT2D eigenvalue weighted by Gasteiger charge is -2.37. The van der Waals surface area contributed by atoms with E-state index in [1.165, 1.54) is 0 Å². The second-order valence-electron chi connectivity index (χ2n) is 7.16. The van der Waals surface area contributed by atoms with Crippen LogP contribution in [0.5, 0.6) is 5.75 Å². The number of phenolic OH excluding ortho intramolecular Hbond substituents is 1. The molecular weight excluding hydrogens is 422 g/mol. The molecule has 0 aromatic heterocycles. The molecule has 2 fully saturated rings. The molecule has 0 bridgehead atoms. The van der Waals surface area contributed by atoms with E-state index in [1.54, 1.807) is 17.0 Å². The number of carbonyl (C=O) groups is 2. The van der Waals surface area contributed by atoms with Crippen LogP contribution in [-0.2, 0) is 9.59 Å². The molecule has 2 aromatic carbocycles. The van der Waals surface area contributed by atoms with Crippen molar-refractivity contribution < 1.29 is 14.7 Å². The maximum atomic E-state index is 13.0. The van der Waals surface area contributed by atoms with Crippen molar-refractivity contribution in [2.75, 3.05) is 42.5 Å². The molecule has 4 rings (SSSR count). The summed E-state index contributed by atoms with van der Waals surface area (Å²) in [5.74, 6) is -0.0260. The highest BCUT2D eigenvalue weighted by molar-refractivity contribution is 9.10. The average Bonchev–Trinajstić information content (AvgIpc) is 3.10. The molecule has 1 N–H and O–H groups in total. The lowest BCUT2D eigenvalue weighted by atomic mass is 10.1. The molecule has 6 nitrogen and oxygen atoms in total. The number of aromatic hydroxyl groups is 1. The van der Waals surface area contributed by atoms with Crippen molar-refractivity contribution in [1.82, 2.24) is 4.90 Å². The number of anilines is 2. The molecule has 0 saturated carbocycles. The Hall–Kier alpha value is -2.54. The number of rotatable bonds is 3. The highest BCUT2D eigenvalue weighted by Crippen LogP contribution is 2.32. The van der Waals surface area contributed by atoms with E-state index in [4.69, 9.17) is 0 Å². The first kappa shape index (κ1) is 18.8. The summed E-state index contributed by atoms with van der Waals surface area (Å²) >= 11 is 3.49. The maximum absolute atomic E-state index is 13.0. The van der Waals surface area contributed by atoms with Gasteiger partial charge in [0.25, 0.3) is 0 Å². The minimum atomic E-state index is -0.309. The standard InChI is InChI=1S/C21H22BrN3O3/c22-16-5-1-2-6-17(16)25-14-15(13-20(25)27)21(28)24-11-9-23(10-12-24)18-7-3-4-8-19(18)26/h1-8,15,26H,9-14H2/t15-/m0/s1. The third kappa shape index (κ3) is 3.58. The van der Waals surface area contributed by atoms with Crippen molar-refractivity contribution >= 4 is 39.1 Å². The molecule has 0 spiro atoms. The van der Waals surface area contributed by atoms with Gasteiger partial charge in [-0.2, -0.15) is 0 Å². The van der Waals surface area contributed by atoms with Gasteiger partial charge in [0.1, 0.15) is 5.75 Å². The van der Waals surface area contributed by atoms with Crippen LogP contribution in [0, 0.1) is 5.92 Å². The molecule has 2 saturated heterocycles. The summed E-state index contributed by atoms with van der Waals surface area (Å²) in [5, 5.41) is 10.0. The Kier molecular flexibility index (Phi) is 5.26. The number of benzene rings is 2. The van der Waals surface area contributed by atoms with Gasteiger partial charge in [0, 0.05) is 43.6 Å². The number of amides is 2. The van der Waals surface area contributed by atoms with Crippen LogP contribution < -0.4 is 9.80 Å². The van der Waals surface area contributed by atoms with E-state index < -0.39 is 0 Å². The summed E-state index contributed by atoms with van der Waals surface area (Å²) in [7, 11) is 0. The SMILES string of the molecule is O=C([C@H]1CC(=O)N(c2ccccc2Br)C1)N1CCN(c2ccccc2O)CC1. The van der Waals surface area contributed by atoms with Gasteiger partial charge in [-0.15, -0.1) is 0 Å². The first-order valence-electron chi connectivity index (χ1n) is 9.41. The first-order valence-corrected chi connectivity index (χ1v) is 10.2. The molecular formula is C21H22BrN3O3. The Morgan fingerprint density at radius 1 is 0.964 bits per heavy atom. The fraction of sp³-hybridized carbons (Fsp3) is 0.333. The van der Waals surface area contributed by atoms with Crippen LogP contribution in [0.3, 0.4) is 0 Å². The molecule has 7 heteroatoms. The Morgan fingerprint density at radius 2 is 1.61 bits per heavy atom. The van der Waals surface area contributed by atoms with Crippen LogP contribution >= 0.6 is 15.9 Å². The molecule has 1 atom stereocenters. The number of hydrogen-bond donors (Lipinski definition) is 1. The van der Waals surface area contributed by atoms with Crippen LogP contribution in [0.4, 0.5) is 11.4 Å².